The number of hydrogen-bond acceptors (Lipinski definition) is 4. The van der Waals surface area contributed by atoms with Crippen LogP contribution in [0.4, 0.5) is 5.69 Å². The molecule has 0 bridgehead atoms. The molecular weight excluding hydrogens is 286 g/mol. The van der Waals surface area contributed by atoms with E-state index in [1.165, 1.54) is 0 Å². The highest BCUT2D eigenvalue weighted by Crippen LogP contribution is 2.15. The van der Waals surface area contributed by atoms with Gasteiger partial charge in [-0.3, -0.25) is 14.4 Å². The normalized spacial score (nSPS) is 10.2. The third-order valence-electron chi connectivity index (χ3n) is 2.67. The second-order valence-electron chi connectivity index (χ2n) is 4.96. The van der Waals surface area contributed by atoms with E-state index in [-0.39, 0.29) is 36.4 Å². The lowest BCUT2D eigenvalue weighted by Gasteiger charge is -2.13. The van der Waals surface area contributed by atoms with Gasteiger partial charge in [0.2, 0.25) is 0 Å². The van der Waals surface area contributed by atoms with Crippen molar-refractivity contribution < 1.29 is 19.5 Å². The molecule has 0 aliphatic heterocycles. The molecule has 22 heavy (non-hydrogen) atoms. The monoisotopic (exact) mass is 307 g/mol. The van der Waals surface area contributed by atoms with E-state index in [0.29, 0.717) is 6.42 Å². The third-order valence-corrected chi connectivity index (χ3v) is 2.67. The lowest BCUT2D eigenvalue weighted by molar-refractivity contribution is -0.136. The number of benzene rings is 1. The van der Waals surface area contributed by atoms with Gasteiger partial charge in [0, 0.05) is 19.2 Å². The average Bonchev–Trinajstić information content (AvgIpc) is 2.47. The molecule has 1 aromatic rings. The molecule has 7 nitrogen and oxygen atoms in total. The first-order chi connectivity index (χ1) is 10.5. The van der Waals surface area contributed by atoms with Crippen molar-refractivity contribution in [2.24, 2.45) is 0 Å². The van der Waals surface area contributed by atoms with E-state index in [9.17, 15) is 14.4 Å². The topological polar surface area (TPSA) is 108 Å². The molecule has 0 saturated heterocycles. The molecule has 4 N–H and O–H groups in total. The van der Waals surface area contributed by atoms with Crippen molar-refractivity contribution in [3.63, 3.8) is 0 Å². The molecule has 7 heteroatoms. The zero-order valence-corrected chi connectivity index (χ0v) is 12.7. The minimum Gasteiger partial charge on any atom is -0.396 e. The predicted molar refractivity (Wildman–Crippen MR) is 82.4 cm³/mol. The molecule has 0 spiro atoms. The maximum atomic E-state index is 12.0. The Kier molecular flexibility index (Phi) is 7.04. The van der Waals surface area contributed by atoms with Gasteiger partial charge in [-0.25, -0.2) is 0 Å². The first-order valence-electron chi connectivity index (χ1n) is 7.05. The zero-order chi connectivity index (χ0) is 16.5. The Morgan fingerprint density at radius 1 is 1.14 bits per heavy atom. The van der Waals surface area contributed by atoms with Crippen LogP contribution in [0.15, 0.2) is 24.3 Å². The van der Waals surface area contributed by atoms with Gasteiger partial charge in [0.25, 0.3) is 5.91 Å². The van der Waals surface area contributed by atoms with Crippen LogP contribution in [0.25, 0.3) is 0 Å². The van der Waals surface area contributed by atoms with Crippen molar-refractivity contribution in [1.29, 1.82) is 0 Å². The fraction of sp³-hybridized carbons (Fsp3) is 0.400. The molecule has 0 radical (unpaired) electrons. The van der Waals surface area contributed by atoms with E-state index in [1.54, 1.807) is 24.3 Å². The molecule has 0 unspecified atom stereocenters. The number of amides is 3. The van der Waals surface area contributed by atoms with Crippen molar-refractivity contribution in [3.05, 3.63) is 29.8 Å². The number of carbonyl (C=O) groups is 3. The molecule has 0 aliphatic carbocycles. The summed E-state index contributed by atoms with van der Waals surface area (Å²) >= 11 is 0. The van der Waals surface area contributed by atoms with E-state index >= 15 is 0 Å². The summed E-state index contributed by atoms with van der Waals surface area (Å²) in [5.41, 5.74) is 0.552. The SMILES string of the molecule is CC(C)NC(=O)c1ccccc1NC(=O)C(=O)NCCCO. The Morgan fingerprint density at radius 2 is 1.82 bits per heavy atom. The number of aliphatic hydroxyl groups excluding tert-OH is 1. The van der Waals surface area contributed by atoms with Crippen LogP contribution < -0.4 is 16.0 Å². The van der Waals surface area contributed by atoms with Gasteiger partial charge in [0.05, 0.1) is 11.3 Å². The molecule has 1 aromatic carbocycles. The molecule has 3 amide bonds. The highest BCUT2D eigenvalue weighted by atomic mass is 16.3. The fourth-order valence-corrected chi connectivity index (χ4v) is 1.67. The minimum atomic E-state index is -0.859. The minimum absolute atomic E-state index is 0.0435. The van der Waals surface area contributed by atoms with Gasteiger partial charge in [0.1, 0.15) is 0 Å². The van der Waals surface area contributed by atoms with Crippen LogP contribution in [0.2, 0.25) is 0 Å². The van der Waals surface area contributed by atoms with Gasteiger partial charge in [-0.15, -0.1) is 0 Å². The molecule has 0 aromatic heterocycles. The van der Waals surface area contributed by atoms with E-state index in [4.69, 9.17) is 5.11 Å². The van der Waals surface area contributed by atoms with Crippen molar-refractivity contribution in [3.8, 4) is 0 Å². The molecule has 120 valence electrons. The summed E-state index contributed by atoms with van der Waals surface area (Å²) in [6.45, 7) is 3.79. The van der Waals surface area contributed by atoms with E-state index in [2.05, 4.69) is 16.0 Å². The smallest absolute Gasteiger partial charge is 0.313 e. The molecule has 0 atom stereocenters. The number of carbonyl (C=O) groups excluding carboxylic acids is 3. The summed E-state index contributed by atoms with van der Waals surface area (Å²) in [4.78, 5) is 35.4. The summed E-state index contributed by atoms with van der Waals surface area (Å²) < 4.78 is 0. The Labute approximate surface area is 129 Å². The Balaban J connectivity index is 2.75. The highest BCUT2D eigenvalue weighted by molar-refractivity contribution is 6.40. The maximum Gasteiger partial charge on any atom is 0.313 e. The number of aliphatic hydroxyl groups is 1. The molecule has 0 fully saturated rings. The molecule has 0 heterocycles. The van der Waals surface area contributed by atoms with Crippen LogP contribution in [0.3, 0.4) is 0 Å². The quantitative estimate of drug-likeness (QED) is 0.447. The number of anilines is 1. The second kappa shape index (κ2) is 8.78. The largest absolute Gasteiger partial charge is 0.396 e. The standard InChI is InChI=1S/C15H21N3O4/c1-10(2)17-13(20)11-6-3-4-7-12(11)18-15(22)14(21)16-8-5-9-19/h3-4,6-7,10,19H,5,8-9H2,1-2H3,(H,16,21)(H,17,20)(H,18,22). The summed E-state index contributed by atoms with van der Waals surface area (Å²) in [6.07, 6.45) is 0.367. The number of para-hydroxylation sites is 1. The predicted octanol–water partition coefficient (Wildman–Crippen LogP) is 0.262. The van der Waals surface area contributed by atoms with Crippen molar-refractivity contribution in [2.75, 3.05) is 18.5 Å². The fourth-order valence-electron chi connectivity index (χ4n) is 1.67. The lowest BCUT2D eigenvalue weighted by Crippen LogP contribution is -2.37. The molecule has 0 aliphatic rings. The Hall–Kier alpha value is -2.41. The zero-order valence-electron chi connectivity index (χ0n) is 12.7. The van der Waals surface area contributed by atoms with Gasteiger partial charge >= 0.3 is 11.8 Å². The second-order valence-corrected chi connectivity index (χ2v) is 4.96. The molecule has 1 rings (SSSR count). The van der Waals surface area contributed by atoms with Crippen LogP contribution >= 0.6 is 0 Å². The summed E-state index contributed by atoms with van der Waals surface area (Å²) in [5.74, 6) is -2.00. The highest BCUT2D eigenvalue weighted by Gasteiger charge is 2.17. The average molecular weight is 307 g/mol. The summed E-state index contributed by atoms with van der Waals surface area (Å²) in [7, 11) is 0. The van der Waals surface area contributed by atoms with Crippen LogP contribution in [0.1, 0.15) is 30.6 Å². The summed E-state index contributed by atoms with van der Waals surface area (Å²) in [6, 6.07) is 6.40. The Bertz CT molecular complexity index is 543. The van der Waals surface area contributed by atoms with Crippen molar-refractivity contribution >= 4 is 23.4 Å². The number of nitrogens with one attached hydrogen (secondary N) is 3. The van der Waals surface area contributed by atoms with Crippen molar-refractivity contribution in [2.45, 2.75) is 26.3 Å². The number of rotatable bonds is 6. The first-order valence-corrected chi connectivity index (χ1v) is 7.05. The molecule has 0 saturated carbocycles. The van der Waals surface area contributed by atoms with Gasteiger partial charge in [-0.1, -0.05) is 12.1 Å². The Morgan fingerprint density at radius 3 is 2.45 bits per heavy atom. The van der Waals surface area contributed by atoms with E-state index in [1.807, 2.05) is 13.8 Å². The van der Waals surface area contributed by atoms with Gasteiger partial charge < -0.3 is 21.1 Å². The van der Waals surface area contributed by atoms with E-state index in [0.717, 1.165) is 0 Å². The van der Waals surface area contributed by atoms with Crippen LogP contribution in [-0.4, -0.2) is 42.0 Å². The summed E-state index contributed by atoms with van der Waals surface area (Å²) in [5, 5.41) is 16.1. The maximum absolute atomic E-state index is 12.0. The van der Waals surface area contributed by atoms with Gasteiger partial charge in [-0.05, 0) is 32.4 Å². The van der Waals surface area contributed by atoms with Crippen LogP contribution in [0.5, 0.6) is 0 Å². The number of hydrogen-bond donors (Lipinski definition) is 4. The van der Waals surface area contributed by atoms with Gasteiger partial charge in [-0.2, -0.15) is 0 Å². The first kappa shape index (κ1) is 17.6. The molecular formula is C15H21N3O4. The van der Waals surface area contributed by atoms with E-state index < -0.39 is 11.8 Å². The van der Waals surface area contributed by atoms with Crippen LogP contribution in [-0.2, 0) is 9.59 Å². The van der Waals surface area contributed by atoms with Crippen LogP contribution in [0, 0.1) is 0 Å². The van der Waals surface area contributed by atoms with Crippen molar-refractivity contribution in [1.82, 2.24) is 10.6 Å². The third kappa shape index (κ3) is 5.53. The lowest BCUT2D eigenvalue weighted by atomic mass is 10.1. The van der Waals surface area contributed by atoms with Gasteiger partial charge in [0.15, 0.2) is 0 Å².